The lowest BCUT2D eigenvalue weighted by Crippen LogP contribution is -2.33. The fourth-order valence-electron chi connectivity index (χ4n) is 4.76. The van der Waals surface area contributed by atoms with Gasteiger partial charge < -0.3 is 20.1 Å². The van der Waals surface area contributed by atoms with Crippen LogP contribution in [0.1, 0.15) is 41.0 Å². The van der Waals surface area contributed by atoms with Crippen LogP contribution >= 0.6 is 23.8 Å². The first-order valence-electron chi connectivity index (χ1n) is 12.2. The molecule has 1 saturated heterocycles. The number of nitrogens with one attached hydrogen (secondary N) is 2. The Kier molecular flexibility index (Phi) is 7.26. The van der Waals surface area contributed by atoms with Gasteiger partial charge in [0.2, 0.25) is 5.91 Å². The third kappa shape index (κ3) is 5.24. The number of hydrogen-bond donors (Lipinski definition) is 2. The van der Waals surface area contributed by atoms with Crippen LogP contribution in [0, 0.1) is 13.8 Å². The number of carbonyl (C=O) groups excluding carboxylic acids is 1. The maximum Gasteiger partial charge on any atom is 0.226 e. The molecule has 0 saturated carbocycles. The topological polar surface area (TPSA) is 62.2 Å². The van der Waals surface area contributed by atoms with Crippen molar-refractivity contribution in [2.45, 2.75) is 32.4 Å². The van der Waals surface area contributed by atoms with Gasteiger partial charge in [-0.15, -0.1) is 0 Å². The average molecular weight is 530 g/mol. The Labute approximate surface area is 227 Å². The Balaban J connectivity index is 1.46. The summed E-state index contributed by atoms with van der Waals surface area (Å²) in [6.45, 7) is 4.44. The number of hydrogen-bond acceptors (Lipinski definition) is 3. The molecular weight excluding hydrogens is 502 g/mol. The summed E-state index contributed by atoms with van der Waals surface area (Å²) >= 11 is 12.1. The fraction of sp³-hybridized carbons (Fsp3) is 0.207. The highest BCUT2D eigenvalue weighted by Gasteiger charge is 2.41. The van der Waals surface area contributed by atoms with Gasteiger partial charge in [-0.2, -0.15) is 0 Å². The number of para-hydroxylation sites is 1. The van der Waals surface area contributed by atoms with E-state index in [1.807, 2.05) is 80.7 Å². The molecule has 2 atom stereocenters. The molecule has 1 aliphatic heterocycles. The summed E-state index contributed by atoms with van der Waals surface area (Å²) in [6.07, 6.45) is 4.12. The number of nitrogens with zero attached hydrogens (tertiary/aromatic N) is 3. The number of anilines is 1. The third-order valence-electron chi connectivity index (χ3n) is 6.70. The van der Waals surface area contributed by atoms with Crippen molar-refractivity contribution in [2.75, 3.05) is 11.9 Å². The van der Waals surface area contributed by atoms with Crippen molar-refractivity contribution >= 4 is 40.5 Å². The van der Waals surface area contributed by atoms with E-state index in [0.29, 0.717) is 18.1 Å². The Morgan fingerprint density at radius 1 is 1.05 bits per heavy atom. The first-order chi connectivity index (χ1) is 17.9. The third-order valence-corrected chi connectivity index (χ3v) is 7.48. The molecule has 8 heteroatoms. The van der Waals surface area contributed by atoms with E-state index in [1.165, 1.54) is 0 Å². The quantitative estimate of drug-likeness (QED) is 0.281. The van der Waals surface area contributed by atoms with Crippen LogP contribution in [0.15, 0.2) is 85.2 Å². The number of aromatic nitrogens is 2. The zero-order valence-corrected chi connectivity index (χ0v) is 22.3. The van der Waals surface area contributed by atoms with Gasteiger partial charge in [0, 0.05) is 47.5 Å². The smallest absolute Gasteiger partial charge is 0.226 e. The summed E-state index contributed by atoms with van der Waals surface area (Å²) in [4.78, 5) is 19.6. The summed E-state index contributed by atoms with van der Waals surface area (Å²) in [5, 5.41) is 7.83. The fourth-order valence-corrected chi connectivity index (χ4v) is 5.21. The summed E-state index contributed by atoms with van der Waals surface area (Å²) in [7, 11) is 0. The average Bonchev–Trinajstić information content (AvgIpc) is 3.50. The number of pyridine rings is 1. The highest BCUT2D eigenvalue weighted by atomic mass is 35.5. The summed E-state index contributed by atoms with van der Waals surface area (Å²) in [5.41, 5.74) is 5.80. The minimum absolute atomic E-state index is 0.0548. The van der Waals surface area contributed by atoms with Crippen molar-refractivity contribution in [1.29, 1.82) is 0 Å². The lowest BCUT2D eigenvalue weighted by atomic mass is 10.0. The first-order valence-corrected chi connectivity index (χ1v) is 13.0. The molecule has 188 valence electrons. The number of benzene rings is 2. The molecule has 37 heavy (non-hydrogen) atoms. The zero-order chi connectivity index (χ0) is 25.9. The lowest BCUT2D eigenvalue weighted by Gasteiger charge is -2.29. The van der Waals surface area contributed by atoms with Gasteiger partial charge in [-0.1, -0.05) is 35.9 Å². The Morgan fingerprint density at radius 3 is 2.62 bits per heavy atom. The van der Waals surface area contributed by atoms with Crippen LogP contribution in [0.2, 0.25) is 5.02 Å². The molecule has 0 unspecified atom stereocenters. The van der Waals surface area contributed by atoms with Gasteiger partial charge in [-0.3, -0.25) is 9.78 Å². The van der Waals surface area contributed by atoms with E-state index in [-0.39, 0.29) is 18.0 Å². The van der Waals surface area contributed by atoms with E-state index in [9.17, 15) is 4.79 Å². The largest absolute Gasteiger partial charge is 0.352 e. The van der Waals surface area contributed by atoms with Crippen LogP contribution in [0.5, 0.6) is 0 Å². The Morgan fingerprint density at radius 2 is 1.86 bits per heavy atom. The second kappa shape index (κ2) is 10.7. The van der Waals surface area contributed by atoms with Gasteiger partial charge in [0.1, 0.15) is 0 Å². The van der Waals surface area contributed by atoms with Crippen LogP contribution in [0.4, 0.5) is 5.69 Å². The molecule has 0 aliphatic carbocycles. The monoisotopic (exact) mass is 529 g/mol. The van der Waals surface area contributed by atoms with Gasteiger partial charge in [0.25, 0.3) is 0 Å². The van der Waals surface area contributed by atoms with Crippen LogP contribution < -0.4 is 10.6 Å². The normalized spacial score (nSPS) is 17.1. The predicted octanol–water partition coefficient (Wildman–Crippen LogP) is 6.14. The van der Waals surface area contributed by atoms with Crippen molar-refractivity contribution in [2.24, 2.45) is 0 Å². The predicted molar refractivity (Wildman–Crippen MR) is 152 cm³/mol. The van der Waals surface area contributed by atoms with Crippen LogP contribution in [-0.4, -0.2) is 32.0 Å². The summed E-state index contributed by atoms with van der Waals surface area (Å²) < 4.78 is 2.15. The Bertz CT molecular complexity index is 1440. The van der Waals surface area contributed by atoms with Crippen molar-refractivity contribution < 1.29 is 4.79 Å². The molecular formula is C29H28ClN5OS. The van der Waals surface area contributed by atoms with Gasteiger partial charge in [0.05, 0.1) is 17.8 Å². The first kappa shape index (κ1) is 25.0. The van der Waals surface area contributed by atoms with Crippen LogP contribution in [0.3, 0.4) is 0 Å². The number of thiocarbonyl (C=S) groups is 1. The van der Waals surface area contributed by atoms with E-state index < -0.39 is 0 Å². The minimum Gasteiger partial charge on any atom is -0.352 e. The minimum atomic E-state index is -0.171. The van der Waals surface area contributed by atoms with E-state index in [0.717, 1.165) is 38.9 Å². The van der Waals surface area contributed by atoms with Crippen LogP contribution in [-0.2, 0) is 4.79 Å². The second-order valence-corrected chi connectivity index (χ2v) is 9.96. The lowest BCUT2D eigenvalue weighted by molar-refractivity contribution is -0.116. The molecule has 1 fully saturated rings. The molecule has 1 amide bonds. The molecule has 2 aromatic carbocycles. The molecule has 2 N–H and O–H groups in total. The van der Waals surface area contributed by atoms with E-state index in [2.05, 4.69) is 37.2 Å². The highest BCUT2D eigenvalue weighted by molar-refractivity contribution is 7.80. The molecule has 6 nitrogen and oxygen atoms in total. The van der Waals surface area contributed by atoms with Crippen molar-refractivity contribution in [1.82, 2.24) is 19.8 Å². The van der Waals surface area contributed by atoms with E-state index >= 15 is 0 Å². The van der Waals surface area contributed by atoms with Gasteiger partial charge in [-0.05, 0) is 85.7 Å². The summed E-state index contributed by atoms with van der Waals surface area (Å²) in [6, 6.07) is 23.4. The SMILES string of the molecule is Cc1cc(-n2cccc2[C@H]2[C@@H](c3ccccn3)NC(=S)N2CCC(=O)Nc2ccccc2C)ccc1Cl. The maximum absolute atomic E-state index is 12.9. The van der Waals surface area contributed by atoms with Gasteiger partial charge in [-0.25, -0.2) is 0 Å². The maximum atomic E-state index is 12.9. The molecule has 0 radical (unpaired) electrons. The molecule has 1 aliphatic rings. The van der Waals surface area contributed by atoms with Gasteiger partial charge in [0.15, 0.2) is 5.11 Å². The standard InChI is InChI=1S/C29H28ClN5OS/c1-19-8-3-4-9-23(19)32-26(36)14-17-35-28(27(33-29(35)37)24-10-5-6-15-31-24)25-11-7-16-34(25)21-12-13-22(30)20(2)18-21/h3-13,15-16,18,27-28H,14,17H2,1-2H3,(H,32,36)(H,33,37)/t27-,28+/m1/s1. The van der Waals surface area contributed by atoms with Crippen molar-refractivity contribution in [3.8, 4) is 5.69 Å². The van der Waals surface area contributed by atoms with Crippen molar-refractivity contribution in [3.63, 3.8) is 0 Å². The summed E-state index contributed by atoms with van der Waals surface area (Å²) in [5.74, 6) is -0.0548. The Hall–Kier alpha value is -3.68. The number of halogens is 1. The number of carbonyl (C=O) groups is 1. The zero-order valence-electron chi connectivity index (χ0n) is 20.7. The number of rotatable bonds is 7. The molecule has 0 bridgehead atoms. The molecule has 4 aromatic rings. The molecule has 5 rings (SSSR count). The second-order valence-electron chi connectivity index (χ2n) is 9.17. The van der Waals surface area contributed by atoms with E-state index in [4.69, 9.17) is 23.8 Å². The highest BCUT2D eigenvalue weighted by Crippen LogP contribution is 2.39. The van der Waals surface area contributed by atoms with Crippen LogP contribution in [0.25, 0.3) is 5.69 Å². The van der Waals surface area contributed by atoms with Crippen molar-refractivity contribution in [3.05, 3.63) is 113 Å². The van der Waals surface area contributed by atoms with E-state index in [1.54, 1.807) is 6.20 Å². The molecule has 2 aromatic heterocycles. The molecule has 3 heterocycles. The number of amides is 1. The number of aryl methyl sites for hydroxylation is 2. The molecule has 0 spiro atoms. The van der Waals surface area contributed by atoms with Gasteiger partial charge >= 0.3 is 0 Å².